The van der Waals surface area contributed by atoms with Crippen LogP contribution < -0.4 is 5.32 Å². The second kappa shape index (κ2) is 6.91. The fourth-order valence-corrected chi connectivity index (χ4v) is 3.94. The van der Waals surface area contributed by atoms with Crippen LogP contribution in [0.2, 0.25) is 0 Å². The number of likely N-dealkylation sites (tertiary alicyclic amines) is 1. The molecule has 2 fully saturated rings. The van der Waals surface area contributed by atoms with Gasteiger partial charge in [0.2, 0.25) is 0 Å². The molecule has 2 aliphatic rings. The van der Waals surface area contributed by atoms with Gasteiger partial charge in [-0.05, 0) is 70.0 Å². The quantitative estimate of drug-likeness (QED) is 0.826. The van der Waals surface area contributed by atoms with Crippen LogP contribution in [0.25, 0.3) is 0 Å². The molecule has 0 aromatic carbocycles. The van der Waals surface area contributed by atoms with Gasteiger partial charge >= 0.3 is 0 Å². The van der Waals surface area contributed by atoms with Gasteiger partial charge < -0.3 is 10.2 Å². The first-order valence-electron chi connectivity index (χ1n) is 8.18. The predicted octanol–water partition coefficient (Wildman–Crippen LogP) is 3.28. The largest absolute Gasteiger partial charge is 0.314 e. The van der Waals surface area contributed by atoms with Gasteiger partial charge in [0.1, 0.15) is 0 Å². The minimum absolute atomic E-state index is 0.796. The Hall–Kier alpha value is -0.0800. The first-order chi connectivity index (χ1) is 8.70. The minimum atomic E-state index is 0.796. The standard InChI is InChI=1S/C16H32N2/c1-4-17-15-7-8-16(12-15)18-10-5-6-14(9-11-18)13(2)3/h13-17H,4-12H2,1-3H3. The third-order valence-electron chi connectivity index (χ3n) is 5.16. The zero-order valence-electron chi connectivity index (χ0n) is 12.6. The summed E-state index contributed by atoms with van der Waals surface area (Å²) in [6.07, 6.45) is 8.51. The zero-order chi connectivity index (χ0) is 13.0. The van der Waals surface area contributed by atoms with Crippen molar-refractivity contribution in [3.63, 3.8) is 0 Å². The van der Waals surface area contributed by atoms with Crippen LogP contribution in [-0.2, 0) is 0 Å². The topological polar surface area (TPSA) is 15.3 Å². The molecule has 2 heteroatoms. The van der Waals surface area contributed by atoms with Crippen molar-refractivity contribution in [2.45, 2.75) is 71.4 Å². The van der Waals surface area contributed by atoms with Crippen LogP contribution in [0.15, 0.2) is 0 Å². The van der Waals surface area contributed by atoms with E-state index in [0.29, 0.717) is 0 Å². The Bertz CT molecular complexity index is 239. The lowest BCUT2D eigenvalue weighted by Gasteiger charge is -2.28. The van der Waals surface area contributed by atoms with Crippen molar-refractivity contribution in [3.05, 3.63) is 0 Å². The van der Waals surface area contributed by atoms with Crippen LogP contribution in [0.5, 0.6) is 0 Å². The van der Waals surface area contributed by atoms with Gasteiger partial charge in [0.15, 0.2) is 0 Å². The number of rotatable bonds is 4. The van der Waals surface area contributed by atoms with E-state index in [0.717, 1.165) is 30.5 Å². The van der Waals surface area contributed by atoms with E-state index in [1.54, 1.807) is 0 Å². The molecule has 1 aliphatic heterocycles. The van der Waals surface area contributed by atoms with Crippen LogP contribution in [0, 0.1) is 11.8 Å². The normalized spacial score (nSPS) is 35.0. The van der Waals surface area contributed by atoms with E-state index in [1.807, 2.05) is 0 Å². The van der Waals surface area contributed by atoms with Crippen molar-refractivity contribution in [3.8, 4) is 0 Å². The summed E-state index contributed by atoms with van der Waals surface area (Å²) in [6, 6.07) is 1.67. The first kappa shape index (κ1) is 14.3. The van der Waals surface area contributed by atoms with Gasteiger partial charge in [0.25, 0.3) is 0 Å². The summed E-state index contributed by atoms with van der Waals surface area (Å²) in [7, 11) is 0. The maximum absolute atomic E-state index is 3.63. The van der Waals surface area contributed by atoms with Gasteiger partial charge in [-0.2, -0.15) is 0 Å². The molecule has 0 radical (unpaired) electrons. The second-order valence-electron chi connectivity index (χ2n) is 6.69. The summed E-state index contributed by atoms with van der Waals surface area (Å²) in [5.41, 5.74) is 0. The highest BCUT2D eigenvalue weighted by Crippen LogP contribution is 2.30. The summed E-state index contributed by atoms with van der Waals surface area (Å²) < 4.78 is 0. The van der Waals surface area contributed by atoms with Gasteiger partial charge in [-0.25, -0.2) is 0 Å². The van der Waals surface area contributed by atoms with E-state index < -0.39 is 0 Å². The number of hydrogen-bond donors (Lipinski definition) is 1. The fraction of sp³-hybridized carbons (Fsp3) is 1.00. The molecule has 1 saturated carbocycles. The molecule has 1 saturated heterocycles. The molecule has 0 aromatic rings. The van der Waals surface area contributed by atoms with Gasteiger partial charge in [-0.3, -0.25) is 0 Å². The Balaban J connectivity index is 1.80. The van der Waals surface area contributed by atoms with E-state index >= 15 is 0 Å². The molecule has 2 nitrogen and oxygen atoms in total. The molecule has 0 amide bonds. The molecule has 0 bridgehead atoms. The smallest absolute Gasteiger partial charge is 0.0111 e. The van der Waals surface area contributed by atoms with E-state index in [9.17, 15) is 0 Å². The molecule has 2 rings (SSSR count). The summed E-state index contributed by atoms with van der Waals surface area (Å²) in [5, 5.41) is 3.63. The summed E-state index contributed by atoms with van der Waals surface area (Å²) in [4.78, 5) is 2.81. The first-order valence-corrected chi connectivity index (χ1v) is 8.18. The molecule has 3 atom stereocenters. The Morgan fingerprint density at radius 2 is 1.94 bits per heavy atom. The third kappa shape index (κ3) is 3.71. The van der Waals surface area contributed by atoms with Gasteiger partial charge in [0, 0.05) is 12.1 Å². The number of nitrogens with zero attached hydrogens (tertiary/aromatic N) is 1. The zero-order valence-corrected chi connectivity index (χ0v) is 12.6. The highest BCUT2D eigenvalue weighted by Gasteiger charge is 2.30. The van der Waals surface area contributed by atoms with Gasteiger partial charge in [-0.1, -0.05) is 20.8 Å². The maximum atomic E-state index is 3.63. The van der Waals surface area contributed by atoms with Crippen LogP contribution in [0.4, 0.5) is 0 Å². The lowest BCUT2D eigenvalue weighted by molar-refractivity contribution is 0.198. The van der Waals surface area contributed by atoms with Crippen LogP contribution in [0.3, 0.4) is 0 Å². The molecule has 106 valence electrons. The Labute approximate surface area is 114 Å². The molecular weight excluding hydrogens is 220 g/mol. The van der Waals surface area contributed by atoms with E-state index in [-0.39, 0.29) is 0 Å². The van der Waals surface area contributed by atoms with E-state index in [2.05, 4.69) is 31.0 Å². The van der Waals surface area contributed by atoms with Gasteiger partial charge in [0.05, 0.1) is 0 Å². The molecule has 3 unspecified atom stereocenters. The van der Waals surface area contributed by atoms with Crippen LogP contribution >= 0.6 is 0 Å². The lowest BCUT2D eigenvalue weighted by atomic mass is 9.89. The van der Waals surface area contributed by atoms with Gasteiger partial charge in [-0.15, -0.1) is 0 Å². The van der Waals surface area contributed by atoms with Crippen molar-refractivity contribution in [2.75, 3.05) is 19.6 Å². The second-order valence-corrected chi connectivity index (χ2v) is 6.69. The van der Waals surface area contributed by atoms with Crippen molar-refractivity contribution >= 4 is 0 Å². The number of nitrogens with one attached hydrogen (secondary N) is 1. The highest BCUT2D eigenvalue weighted by molar-refractivity contribution is 4.88. The highest BCUT2D eigenvalue weighted by atomic mass is 15.2. The van der Waals surface area contributed by atoms with Crippen molar-refractivity contribution in [1.82, 2.24) is 10.2 Å². The average Bonchev–Trinajstić information content (AvgIpc) is 2.65. The fourth-order valence-electron chi connectivity index (χ4n) is 3.94. The molecule has 18 heavy (non-hydrogen) atoms. The SMILES string of the molecule is CCNC1CCC(N2CCCC(C(C)C)CC2)C1. The van der Waals surface area contributed by atoms with Crippen LogP contribution in [0.1, 0.15) is 59.3 Å². The molecule has 0 aromatic heterocycles. The Morgan fingerprint density at radius 1 is 1.11 bits per heavy atom. The Kier molecular flexibility index (Phi) is 5.50. The minimum Gasteiger partial charge on any atom is -0.314 e. The molecule has 1 heterocycles. The molecule has 1 aliphatic carbocycles. The lowest BCUT2D eigenvalue weighted by Crippen LogP contribution is -2.36. The molecular formula is C16H32N2. The molecule has 1 N–H and O–H groups in total. The summed E-state index contributed by atoms with van der Waals surface area (Å²) in [6.45, 7) is 10.9. The van der Waals surface area contributed by atoms with Crippen molar-refractivity contribution in [2.24, 2.45) is 11.8 Å². The van der Waals surface area contributed by atoms with E-state index in [1.165, 1.54) is 51.6 Å². The molecule has 0 spiro atoms. The number of hydrogen-bond acceptors (Lipinski definition) is 2. The monoisotopic (exact) mass is 252 g/mol. The van der Waals surface area contributed by atoms with Crippen molar-refractivity contribution in [1.29, 1.82) is 0 Å². The maximum Gasteiger partial charge on any atom is 0.0111 e. The third-order valence-corrected chi connectivity index (χ3v) is 5.16. The predicted molar refractivity (Wildman–Crippen MR) is 78.9 cm³/mol. The van der Waals surface area contributed by atoms with Crippen LogP contribution in [-0.4, -0.2) is 36.6 Å². The van der Waals surface area contributed by atoms with E-state index in [4.69, 9.17) is 0 Å². The summed E-state index contributed by atoms with van der Waals surface area (Å²) in [5.74, 6) is 1.85. The summed E-state index contributed by atoms with van der Waals surface area (Å²) >= 11 is 0. The Morgan fingerprint density at radius 3 is 2.67 bits per heavy atom. The average molecular weight is 252 g/mol. The van der Waals surface area contributed by atoms with Crippen molar-refractivity contribution < 1.29 is 0 Å².